The van der Waals surface area contributed by atoms with Gasteiger partial charge in [-0.1, -0.05) is 54.1 Å². The molecule has 7 heteroatoms. The Hall–Kier alpha value is -3.03. The Kier molecular flexibility index (Phi) is 5.78. The van der Waals surface area contributed by atoms with Crippen molar-refractivity contribution in [3.05, 3.63) is 93.9 Å². The van der Waals surface area contributed by atoms with Crippen molar-refractivity contribution in [2.24, 2.45) is 0 Å². The van der Waals surface area contributed by atoms with Gasteiger partial charge in [0.05, 0.1) is 12.6 Å². The first-order valence-corrected chi connectivity index (χ1v) is 11.5. The minimum atomic E-state index is 0.0356. The van der Waals surface area contributed by atoms with Gasteiger partial charge in [0.1, 0.15) is 0 Å². The Labute approximate surface area is 186 Å². The van der Waals surface area contributed by atoms with Crippen molar-refractivity contribution in [2.75, 3.05) is 31.1 Å². The molecule has 0 N–H and O–H groups in total. The van der Waals surface area contributed by atoms with E-state index in [1.165, 1.54) is 21.7 Å². The molecule has 1 fully saturated rings. The quantitative estimate of drug-likeness (QED) is 0.463. The van der Waals surface area contributed by atoms with Crippen LogP contribution in [0.4, 0.5) is 5.69 Å². The van der Waals surface area contributed by atoms with Crippen LogP contribution in [0.2, 0.25) is 0 Å². The number of aromatic nitrogens is 4. The van der Waals surface area contributed by atoms with Gasteiger partial charge in [-0.3, -0.25) is 4.90 Å². The fourth-order valence-electron chi connectivity index (χ4n) is 4.22. The molecular weight excluding hydrogens is 404 g/mol. The van der Waals surface area contributed by atoms with Gasteiger partial charge >= 0.3 is 0 Å². The SMILES string of the molecule is Cc1ccc(C(c2nnnn2Cc2cccs2)N2CCN(c3ccccc3)CC2)cc1. The maximum Gasteiger partial charge on any atom is 0.173 e. The number of tetrazole rings is 1. The molecular formula is C24H26N6S. The monoisotopic (exact) mass is 430 g/mol. The molecule has 31 heavy (non-hydrogen) atoms. The second-order valence-corrected chi connectivity index (χ2v) is 8.98. The molecule has 1 saturated heterocycles. The summed E-state index contributed by atoms with van der Waals surface area (Å²) in [5.74, 6) is 0.908. The third-order valence-electron chi connectivity index (χ3n) is 5.88. The summed E-state index contributed by atoms with van der Waals surface area (Å²) in [7, 11) is 0. The predicted molar refractivity (Wildman–Crippen MR) is 124 cm³/mol. The first-order chi connectivity index (χ1) is 15.3. The second-order valence-electron chi connectivity index (χ2n) is 7.95. The lowest BCUT2D eigenvalue weighted by Gasteiger charge is -2.40. The lowest BCUT2D eigenvalue weighted by molar-refractivity contribution is 0.201. The van der Waals surface area contributed by atoms with E-state index in [2.05, 4.69) is 104 Å². The van der Waals surface area contributed by atoms with Crippen molar-refractivity contribution >= 4 is 17.0 Å². The Balaban J connectivity index is 1.43. The van der Waals surface area contributed by atoms with Gasteiger partial charge in [0, 0.05) is 36.7 Å². The maximum atomic E-state index is 4.50. The van der Waals surface area contributed by atoms with E-state index in [-0.39, 0.29) is 6.04 Å². The van der Waals surface area contributed by atoms with Gasteiger partial charge < -0.3 is 4.90 Å². The van der Waals surface area contributed by atoms with Gasteiger partial charge in [0.15, 0.2) is 5.82 Å². The van der Waals surface area contributed by atoms with E-state index in [1.54, 1.807) is 11.3 Å². The van der Waals surface area contributed by atoms with Crippen molar-refractivity contribution in [1.82, 2.24) is 25.1 Å². The van der Waals surface area contributed by atoms with Crippen molar-refractivity contribution in [3.8, 4) is 0 Å². The summed E-state index contributed by atoms with van der Waals surface area (Å²) in [5.41, 5.74) is 3.78. The fraction of sp³-hybridized carbons (Fsp3) is 0.292. The highest BCUT2D eigenvalue weighted by molar-refractivity contribution is 7.09. The number of hydrogen-bond donors (Lipinski definition) is 0. The topological polar surface area (TPSA) is 50.1 Å². The van der Waals surface area contributed by atoms with Crippen LogP contribution in [0.25, 0.3) is 0 Å². The first kappa shape index (κ1) is 19.9. The number of rotatable bonds is 6. The summed E-state index contributed by atoms with van der Waals surface area (Å²) >= 11 is 1.74. The molecule has 3 heterocycles. The van der Waals surface area contributed by atoms with E-state index in [4.69, 9.17) is 0 Å². The van der Waals surface area contributed by atoms with Gasteiger partial charge in [0.2, 0.25) is 0 Å². The Morgan fingerprint density at radius 3 is 2.39 bits per heavy atom. The third kappa shape index (κ3) is 4.38. The average Bonchev–Trinajstić information content (AvgIpc) is 3.49. The molecule has 158 valence electrons. The Morgan fingerprint density at radius 1 is 0.903 bits per heavy atom. The lowest BCUT2D eigenvalue weighted by atomic mass is 10.0. The molecule has 1 atom stereocenters. The molecule has 6 nitrogen and oxygen atoms in total. The highest BCUT2D eigenvalue weighted by Gasteiger charge is 2.30. The highest BCUT2D eigenvalue weighted by atomic mass is 32.1. The fourth-order valence-corrected chi connectivity index (χ4v) is 4.91. The van der Waals surface area contributed by atoms with Crippen LogP contribution in [0.5, 0.6) is 0 Å². The van der Waals surface area contributed by atoms with Crippen LogP contribution < -0.4 is 4.90 Å². The minimum absolute atomic E-state index is 0.0356. The van der Waals surface area contributed by atoms with E-state index >= 15 is 0 Å². The van der Waals surface area contributed by atoms with Crippen LogP contribution in [0.3, 0.4) is 0 Å². The van der Waals surface area contributed by atoms with Crippen molar-refractivity contribution < 1.29 is 0 Å². The summed E-state index contributed by atoms with van der Waals surface area (Å²) < 4.78 is 1.96. The number of piperazine rings is 1. The molecule has 2 aromatic heterocycles. The molecule has 1 aliphatic rings. The number of hydrogen-bond acceptors (Lipinski definition) is 6. The molecule has 1 unspecified atom stereocenters. The zero-order valence-electron chi connectivity index (χ0n) is 17.6. The standard InChI is InChI=1S/C24H26N6S/c1-19-9-11-20(12-10-19)23(24-25-26-27-30(24)18-22-8-5-17-31-22)29-15-13-28(14-16-29)21-6-3-2-4-7-21/h2-12,17,23H,13-16,18H2,1H3. The summed E-state index contributed by atoms with van der Waals surface area (Å²) in [6.07, 6.45) is 0. The first-order valence-electron chi connectivity index (χ1n) is 10.7. The van der Waals surface area contributed by atoms with Gasteiger partial charge in [-0.2, -0.15) is 0 Å². The van der Waals surface area contributed by atoms with Crippen LogP contribution in [0.1, 0.15) is 27.9 Å². The molecule has 0 radical (unpaired) electrons. The highest BCUT2D eigenvalue weighted by Crippen LogP contribution is 2.30. The molecule has 0 spiro atoms. The number of aryl methyl sites for hydroxylation is 1. The van der Waals surface area contributed by atoms with Crippen LogP contribution in [0, 0.1) is 6.92 Å². The van der Waals surface area contributed by atoms with Gasteiger partial charge in [-0.15, -0.1) is 16.4 Å². The molecule has 2 aromatic carbocycles. The summed E-state index contributed by atoms with van der Waals surface area (Å²) in [6.45, 7) is 6.71. The van der Waals surface area contributed by atoms with Crippen molar-refractivity contribution in [1.29, 1.82) is 0 Å². The molecule has 4 aromatic rings. The minimum Gasteiger partial charge on any atom is -0.369 e. The number of anilines is 1. The van der Waals surface area contributed by atoms with Crippen LogP contribution in [0.15, 0.2) is 72.1 Å². The number of para-hydroxylation sites is 1. The molecule has 0 amide bonds. The molecule has 0 bridgehead atoms. The van der Waals surface area contributed by atoms with E-state index in [9.17, 15) is 0 Å². The number of nitrogens with zero attached hydrogens (tertiary/aromatic N) is 6. The van der Waals surface area contributed by atoms with E-state index < -0.39 is 0 Å². The van der Waals surface area contributed by atoms with Crippen molar-refractivity contribution in [3.63, 3.8) is 0 Å². The number of benzene rings is 2. The summed E-state index contributed by atoms with van der Waals surface area (Å²) in [4.78, 5) is 6.23. The maximum absolute atomic E-state index is 4.50. The lowest BCUT2D eigenvalue weighted by Crippen LogP contribution is -2.48. The smallest absolute Gasteiger partial charge is 0.173 e. The number of thiophene rings is 1. The largest absolute Gasteiger partial charge is 0.369 e. The Morgan fingerprint density at radius 2 is 1.68 bits per heavy atom. The predicted octanol–water partition coefficient (Wildman–Crippen LogP) is 4.00. The van der Waals surface area contributed by atoms with Gasteiger partial charge in [0.25, 0.3) is 0 Å². The van der Waals surface area contributed by atoms with Crippen LogP contribution in [-0.4, -0.2) is 51.3 Å². The normalized spacial score (nSPS) is 15.8. The zero-order valence-corrected chi connectivity index (χ0v) is 18.4. The van der Waals surface area contributed by atoms with Crippen LogP contribution >= 0.6 is 11.3 Å². The van der Waals surface area contributed by atoms with Gasteiger partial charge in [-0.25, -0.2) is 4.68 Å². The summed E-state index contributed by atoms with van der Waals surface area (Å²) in [6, 6.07) is 23.7. The third-order valence-corrected chi connectivity index (χ3v) is 6.74. The molecule has 0 aliphatic carbocycles. The molecule has 0 saturated carbocycles. The van der Waals surface area contributed by atoms with E-state index in [0.717, 1.165) is 32.0 Å². The zero-order chi connectivity index (χ0) is 21.0. The van der Waals surface area contributed by atoms with Crippen molar-refractivity contribution in [2.45, 2.75) is 19.5 Å². The average molecular weight is 431 g/mol. The van der Waals surface area contributed by atoms with Crippen LogP contribution in [-0.2, 0) is 6.54 Å². The second kappa shape index (κ2) is 8.99. The van der Waals surface area contributed by atoms with Gasteiger partial charge in [-0.05, 0) is 46.5 Å². The molecule has 1 aliphatic heterocycles. The van der Waals surface area contributed by atoms with E-state index in [1.807, 2.05) is 4.68 Å². The molecule has 5 rings (SSSR count). The van der Waals surface area contributed by atoms with E-state index in [0.29, 0.717) is 6.54 Å². The summed E-state index contributed by atoms with van der Waals surface area (Å²) in [5, 5.41) is 15.0. The Bertz CT molecular complexity index is 1080.